The molecule has 2 nitrogen and oxygen atoms in total. The Morgan fingerprint density at radius 1 is 0.692 bits per heavy atom. The number of benzene rings is 1. The van der Waals surface area contributed by atoms with E-state index in [1.54, 1.807) is 22.3 Å². The van der Waals surface area contributed by atoms with Gasteiger partial charge in [-0.05, 0) is 97.3 Å². The van der Waals surface area contributed by atoms with E-state index in [0.717, 1.165) is 0 Å². The van der Waals surface area contributed by atoms with E-state index >= 15 is 0 Å². The molecule has 146 valence electrons. The van der Waals surface area contributed by atoms with Crippen molar-refractivity contribution in [2.45, 2.75) is 115 Å². The van der Waals surface area contributed by atoms with E-state index in [1.165, 1.54) is 51.4 Å². The molecule has 2 heteroatoms. The van der Waals surface area contributed by atoms with Gasteiger partial charge in [0, 0.05) is 12.1 Å². The van der Waals surface area contributed by atoms with Crippen molar-refractivity contribution in [2.75, 3.05) is 0 Å². The second-order valence-corrected chi connectivity index (χ2v) is 9.60. The largest absolute Gasteiger partial charge is 0.328 e. The van der Waals surface area contributed by atoms with E-state index in [4.69, 9.17) is 11.5 Å². The number of hydrogen-bond acceptors (Lipinski definition) is 2. The van der Waals surface area contributed by atoms with Gasteiger partial charge >= 0.3 is 0 Å². The summed E-state index contributed by atoms with van der Waals surface area (Å²) in [5, 5.41) is 0. The molecule has 1 aromatic carbocycles. The summed E-state index contributed by atoms with van der Waals surface area (Å²) in [6.07, 6.45) is 9.78. The van der Waals surface area contributed by atoms with Crippen LogP contribution in [0.2, 0.25) is 0 Å². The molecule has 1 aromatic rings. The molecule has 26 heavy (non-hydrogen) atoms. The normalized spacial score (nSPS) is 30.2. The van der Waals surface area contributed by atoms with E-state index < -0.39 is 0 Å². The van der Waals surface area contributed by atoms with Crippen molar-refractivity contribution in [2.24, 2.45) is 11.5 Å². The van der Waals surface area contributed by atoms with E-state index in [-0.39, 0.29) is 0 Å². The molecule has 0 atom stereocenters. The summed E-state index contributed by atoms with van der Waals surface area (Å²) in [5.41, 5.74) is 19.0. The molecule has 0 aromatic heterocycles. The van der Waals surface area contributed by atoms with Gasteiger partial charge in [-0.1, -0.05) is 39.8 Å². The van der Waals surface area contributed by atoms with Crippen molar-refractivity contribution >= 4 is 0 Å². The third-order valence-corrected chi connectivity index (χ3v) is 6.95. The fraction of sp³-hybridized carbons (Fsp3) is 0.750. The van der Waals surface area contributed by atoms with Crippen LogP contribution in [0.1, 0.15) is 125 Å². The highest BCUT2D eigenvalue weighted by atomic mass is 14.6. The van der Waals surface area contributed by atoms with E-state index in [9.17, 15) is 0 Å². The summed E-state index contributed by atoms with van der Waals surface area (Å²) < 4.78 is 0. The standard InChI is InChI=1S/C24H40N2/c1-15(2)21-13-14-22(17-5-9-19(25)10-6-17)23(16(3)4)24(21)18-7-11-20(26)12-8-18/h13-20H,5-12,25-26H2,1-4H3. The van der Waals surface area contributed by atoms with Crippen LogP contribution in [0, 0.1) is 0 Å². The zero-order valence-corrected chi connectivity index (χ0v) is 17.4. The van der Waals surface area contributed by atoms with Crippen LogP contribution >= 0.6 is 0 Å². The zero-order chi connectivity index (χ0) is 18.8. The summed E-state index contributed by atoms with van der Waals surface area (Å²) in [5.74, 6) is 2.59. The Morgan fingerprint density at radius 2 is 1.19 bits per heavy atom. The smallest absolute Gasteiger partial charge is 0.00392 e. The first kappa shape index (κ1) is 19.9. The Hall–Kier alpha value is -0.860. The third-order valence-electron chi connectivity index (χ3n) is 6.95. The van der Waals surface area contributed by atoms with Gasteiger partial charge in [0.25, 0.3) is 0 Å². The van der Waals surface area contributed by atoms with Gasteiger partial charge in [-0.15, -0.1) is 0 Å². The molecule has 0 heterocycles. The van der Waals surface area contributed by atoms with Crippen molar-refractivity contribution in [3.63, 3.8) is 0 Å². The lowest BCUT2D eigenvalue weighted by Gasteiger charge is -2.35. The maximum atomic E-state index is 6.22. The van der Waals surface area contributed by atoms with E-state index in [1.807, 2.05) is 0 Å². The first-order chi connectivity index (χ1) is 12.4. The molecule has 0 amide bonds. The molecular formula is C24H40N2. The van der Waals surface area contributed by atoms with Crippen LogP contribution in [-0.2, 0) is 0 Å². The van der Waals surface area contributed by atoms with Crippen molar-refractivity contribution in [1.29, 1.82) is 0 Å². The second kappa shape index (κ2) is 8.44. The van der Waals surface area contributed by atoms with Crippen LogP contribution < -0.4 is 11.5 Å². The predicted molar refractivity (Wildman–Crippen MR) is 113 cm³/mol. The topological polar surface area (TPSA) is 52.0 Å². The summed E-state index contributed by atoms with van der Waals surface area (Å²) in [6.45, 7) is 9.51. The Bertz CT molecular complexity index is 588. The SMILES string of the molecule is CC(C)c1ccc(C2CCC(N)CC2)c(C(C)C)c1C1CCC(N)CC1. The van der Waals surface area contributed by atoms with Gasteiger partial charge in [0.2, 0.25) is 0 Å². The summed E-state index contributed by atoms with van der Waals surface area (Å²) in [6, 6.07) is 5.77. The van der Waals surface area contributed by atoms with Crippen molar-refractivity contribution < 1.29 is 0 Å². The molecule has 3 rings (SSSR count). The first-order valence-electron chi connectivity index (χ1n) is 11.1. The molecule has 2 saturated carbocycles. The molecule has 0 bridgehead atoms. The van der Waals surface area contributed by atoms with Gasteiger partial charge in [-0.3, -0.25) is 0 Å². The Morgan fingerprint density at radius 3 is 1.65 bits per heavy atom. The molecular weight excluding hydrogens is 316 g/mol. The van der Waals surface area contributed by atoms with Crippen LogP contribution in [0.15, 0.2) is 12.1 Å². The van der Waals surface area contributed by atoms with E-state index in [2.05, 4.69) is 39.8 Å². The predicted octanol–water partition coefficient (Wildman–Crippen LogP) is 5.90. The lowest BCUT2D eigenvalue weighted by molar-refractivity contribution is 0.384. The fourth-order valence-corrected chi connectivity index (χ4v) is 5.47. The number of hydrogen-bond donors (Lipinski definition) is 2. The maximum absolute atomic E-state index is 6.22. The molecule has 0 saturated heterocycles. The van der Waals surface area contributed by atoms with Crippen molar-refractivity contribution in [1.82, 2.24) is 0 Å². The highest BCUT2D eigenvalue weighted by molar-refractivity contribution is 5.48. The minimum absolute atomic E-state index is 0.416. The second-order valence-electron chi connectivity index (χ2n) is 9.60. The highest BCUT2D eigenvalue weighted by Gasteiger charge is 2.30. The minimum atomic E-state index is 0.416. The number of rotatable bonds is 4. The number of nitrogens with two attached hydrogens (primary N) is 2. The first-order valence-corrected chi connectivity index (χ1v) is 11.1. The lowest BCUT2D eigenvalue weighted by atomic mass is 9.70. The Labute approximate surface area is 161 Å². The summed E-state index contributed by atoms with van der Waals surface area (Å²) >= 11 is 0. The lowest BCUT2D eigenvalue weighted by Crippen LogP contribution is -2.28. The molecule has 0 aliphatic heterocycles. The summed E-state index contributed by atoms with van der Waals surface area (Å²) in [4.78, 5) is 0. The average Bonchev–Trinajstić information content (AvgIpc) is 2.61. The molecule has 0 spiro atoms. The van der Waals surface area contributed by atoms with Gasteiger partial charge < -0.3 is 11.5 Å². The van der Waals surface area contributed by atoms with Crippen LogP contribution in [-0.4, -0.2) is 12.1 Å². The van der Waals surface area contributed by atoms with Crippen molar-refractivity contribution in [3.05, 3.63) is 34.4 Å². The fourth-order valence-electron chi connectivity index (χ4n) is 5.47. The van der Waals surface area contributed by atoms with Gasteiger partial charge in [0.05, 0.1) is 0 Å². The maximum Gasteiger partial charge on any atom is 0.00392 e. The molecule has 2 aliphatic carbocycles. The van der Waals surface area contributed by atoms with E-state index in [0.29, 0.717) is 35.8 Å². The summed E-state index contributed by atoms with van der Waals surface area (Å²) in [7, 11) is 0. The molecule has 0 unspecified atom stereocenters. The minimum Gasteiger partial charge on any atom is -0.328 e. The monoisotopic (exact) mass is 356 g/mol. The third kappa shape index (κ3) is 4.17. The van der Waals surface area contributed by atoms with Crippen LogP contribution in [0.5, 0.6) is 0 Å². The van der Waals surface area contributed by atoms with Gasteiger partial charge in [0.1, 0.15) is 0 Å². The van der Waals surface area contributed by atoms with Gasteiger partial charge in [0.15, 0.2) is 0 Å². The van der Waals surface area contributed by atoms with Gasteiger partial charge in [-0.2, -0.15) is 0 Å². The zero-order valence-electron chi connectivity index (χ0n) is 17.4. The average molecular weight is 357 g/mol. The van der Waals surface area contributed by atoms with Crippen LogP contribution in [0.4, 0.5) is 0 Å². The van der Waals surface area contributed by atoms with Gasteiger partial charge in [-0.25, -0.2) is 0 Å². The molecule has 2 fully saturated rings. The highest BCUT2D eigenvalue weighted by Crippen LogP contribution is 2.45. The quantitative estimate of drug-likeness (QED) is 0.705. The Balaban J connectivity index is 2.04. The molecule has 4 N–H and O–H groups in total. The van der Waals surface area contributed by atoms with Crippen LogP contribution in [0.3, 0.4) is 0 Å². The van der Waals surface area contributed by atoms with Crippen molar-refractivity contribution in [3.8, 4) is 0 Å². The Kier molecular flexibility index (Phi) is 6.45. The van der Waals surface area contributed by atoms with Crippen LogP contribution in [0.25, 0.3) is 0 Å². The molecule has 2 aliphatic rings. The molecule has 0 radical (unpaired) electrons.